The number of benzene rings is 1. The molecule has 0 bridgehead atoms. The van der Waals surface area contributed by atoms with E-state index in [1.165, 1.54) is 16.7 Å². The van der Waals surface area contributed by atoms with Gasteiger partial charge >= 0.3 is 0 Å². The fraction of sp³-hybridized carbons (Fsp3) is 0.368. The van der Waals surface area contributed by atoms with Gasteiger partial charge in [0.1, 0.15) is 18.2 Å². The summed E-state index contributed by atoms with van der Waals surface area (Å²) < 4.78 is 29.5. The number of halogens is 1. The Labute approximate surface area is 164 Å². The number of hydrogen-bond acceptors (Lipinski definition) is 6. The van der Waals surface area contributed by atoms with E-state index in [0.29, 0.717) is 35.6 Å². The number of hydrogen-bond donors (Lipinski definition) is 0. The van der Waals surface area contributed by atoms with E-state index in [1.807, 2.05) is 0 Å². The van der Waals surface area contributed by atoms with E-state index in [0.717, 1.165) is 18.5 Å². The fourth-order valence-corrected chi connectivity index (χ4v) is 3.87. The van der Waals surface area contributed by atoms with Crippen LogP contribution in [0.2, 0.25) is 0 Å². The highest BCUT2D eigenvalue weighted by atomic mass is 19.1. The van der Waals surface area contributed by atoms with Gasteiger partial charge in [-0.05, 0) is 31.0 Å². The number of fused-ring (bicyclic) bond motifs is 3. The van der Waals surface area contributed by atoms with E-state index in [-0.39, 0.29) is 18.2 Å². The Morgan fingerprint density at radius 3 is 3.03 bits per heavy atom. The third-order valence-corrected chi connectivity index (χ3v) is 5.24. The third-order valence-electron chi connectivity index (χ3n) is 5.24. The maximum absolute atomic E-state index is 13.9. The van der Waals surface area contributed by atoms with Gasteiger partial charge in [-0.2, -0.15) is 4.68 Å². The van der Waals surface area contributed by atoms with Crippen molar-refractivity contribution in [1.29, 1.82) is 0 Å². The van der Waals surface area contributed by atoms with E-state index in [9.17, 15) is 9.18 Å². The largest absolute Gasteiger partial charge is 0.383 e. The average molecular weight is 398 g/mol. The molecule has 1 aliphatic rings. The Kier molecular flexibility index (Phi) is 4.36. The Bertz CT molecular complexity index is 1250. The summed E-state index contributed by atoms with van der Waals surface area (Å²) in [6.07, 6.45) is 4.88. The normalized spacial score (nSPS) is 17.0. The van der Waals surface area contributed by atoms with Crippen LogP contribution in [-0.4, -0.2) is 49.3 Å². The van der Waals surface area contributed by atoms with Crippen LogP contribution in [0.4, 0.5) is 4.39 Å². The zero-order chi connectivity index (χ0) is 20.0. The van der Waals surface area contributed by atoms with E-state index in [2.05, 4.69) is 15.3 Å². The minimum Gasteiger partial charge on any atom is -0.383 e. The Morgan fingerprint density at radius 1 is 1.34 bits per heavy atom. The summed E-state index contributed by atoms with van der Waals surface area (Å²) >= 11 is 0. The minimum atomic E-state index is -0.417. The molecule has 29 heavy (non-hydrogen) atoms. The molecule has 4 aromatic rings. The highest BCUT2D eigenvalue weighted by Gasteiger charge is 2.26. The molecule has 1 saturated heterocycles. The van der Waals surface area contributed by atoms with Gasteiger partial charge in [-0.25, -0.2) is 9.37 Å². The second-order valence-corrected chi connectivity index (χ2v) is 6.94. The van der Waals surface area contributed by atoms with Gasteiger partial charge in [0.2, 0.25) is 0 Å². The number of nitrogens with zero attached hydrogens (tertiary/aromatic N) is 6. The van der Waals surface area contributed by atoms with Crippen molar-refractivity contribution in [1.82, 2.24) is 28.9 Å². The second kappa shape index (κ2) is 7.05. The quantitative estimate of drug-likeness (QED) is 0.510. The van der Waals surface area contributed by atoms with Gasteiger partial charge in [0.05, 0.1) is 29.5 Å². The van der Waals surface area contributed by atoms with Gasteiger partial charge in [0.25, 0.3) is 5.56 Å². The Morgan fingerprint density at radius 2 is 2.24 bits per heavy atom. The van der Waals surface area contributed by atoms with Crippen molar-refractivity contribution in [2.24, 2.45) is 0 Å². The lowest BCUT2D eigenvalue weighted by atomic mass is 10.2. The van der Waals surface area contributed by atoms with E-state index >= 15 is 0 Å². The molecular formula is C19H19FN6O3. The molecule has 1 aliphatic heterocycles. The van der Waals surface area contributed by atoms with Gasteiger partial charge in [0.15, 0.2) is 11.3 Å². The summed E-state index contributed by atoms with van der Waals surface area (Å²) in [7, 11) is 1.56. The third kappa shape index (κ3) is 2.83. The summed E-state index contributed by atoms with van der Waals surface area (Å²) in [6.45, 7) is 1.28. The maximum Gasteiger partial charge on any atom is 0.279 e. The molecule has 10 heteroatoms. The van der Waals surface area contributed by atoms with Crippen LogP contribution in [0.5, 0.6) is 0 Å². The molecule has 4 heterocycles. The van der Waals surface area contributed by atoms with Crippen LogP contribution in [0.3, 0.4) is 0 Å². The molecule has 1 fully saturated rings. The highest BCUT2D eigenvalue weighted by molar-refractivity contribution is 5.81. The molecule has 0 saturated carbocycles. The first kappa shape index (κ1) is 18.0. The van der Waals surface area contributed by atoms with Gasteiger partial charge in [-0.15, -0.1) is 5.10 Å². The van der Waals surface area contributed by atoms with Crippen LogP contribution in [0.25, 0.3) is 22.4 Å². The van der Waals surface area contributed by atoms with Crippen molar-refractivity contribution in [2.45, 2.75) is 25.5 Å². The molecule has 0 spiro atoms. The first-order valence-electron chi connectivity index (χ1n) is 9.39. The average Bonchev–Trinajstić information content (AvgIpc) is 3.46. The van der Waals surface area contributed by atoms with Gasteiger partial charge < -0.3 is 14.0 Å². The lowest BCUT2D eigenvalue weighted by Crippen LogP contribution is -2.25. The topological polar surface area (TPSA) is 88.5 Å². The van der Waals surface area contributed by atoms with Crippen molar-refractivity contribution < 1.29 is 13.9 Å². The van der Waals surface area contributed by atoms with Crippen LogP contribution >= 0.6 is 0 Å². The molecular weight excluding hydrogens is 379 g/mol. The molecule has 1 aromatic carbocycles. The molecule has 150 valence electrons. The molecule has 0 amide bonds. The predicted molar refractivity (Wildman–Crippen MR) is 102 cm³/mol. The summed E-state index contributed by atoms with van der Waals surface area (Å²) in [6, 6.07) is 4.34. The lowest BCUT2D eigenvalue weighted by Gasteiger charge is -2.13. The van der Waals surface area contributed by atoms with Crippen molar-refractivity contribution in [2.75, 3.05) is 20.3 Å². The smallest absolute Gasteiger partial charge is 0.279 e. The number of methoxy groups -OCH3 is 1. The second-order valence-electron chi connectivity index (χ2n) is 6.94. The van der Waals surface area contributed by atoms with Crippen LogP contribution < -0.4 is 5.56 Å². The summed E-state index contributed by atoms with van der Waals surface area (Å²) in [5, 5.41) is 8.17. The van der Waals surface area contributed by atoms with Gasteiger partial charge in [-0.1, -0.05) is 5.21 Å². The van der Waals surface area contributed by atoms with Crippen LogP contribution in [-0.2, 0) is 16.0 Å². The van der Waals surface area contributed by atoms with Gasteiger partial charge in [0, 0.05) is 20.3 Å². The maximum atomic E-state index is 13.9. The molecule has 0 radical (unpaired) electrons. The molecule has 9 nitrogen and oxygen atoms in total. The monoisotopic (exact) mass is 398 g/mol. The summed E-state index contributed by atoms with van der Waals surface area (Å²) in [5.41, 5.74) is 1.92. The standard InChI is InChI=1S/C19H19FN6O3/c1-28-8-6-24-14-9-12(20)4-5-13(14)25-11-21-18(17(25)19(24)27)26-15(10-22-23-26)16-3-2-7-29-16/h4-5,9-11,16H,2-3,6-8H2,1H3. The van der Waals surface area contributed by atoms with E-state index in [1.54, 1.807) is 34.8 Å². The fourth-order valence-electron chi connectivity index (χ4n) is 3.87. The van der Waals surface area contributed by atoms with Gasteiger partial charge in [-0.3, -0.25) is 9.20 Å². The number of imidazole rings is 1. The SMILES string of the molecule is COCCn1c(=O)c2c(-n3nncc3C3CCCO3)ncn2c2ccc(F)cc21. The van der Waals surface area contributed by atoms with Crippen LogP contribution in [0.1, 0.15) is 24.6 Å². The zero-order valence-electron chi connectivity index (χ0n) is 15.8. The summed E-state index contributed by atoms with van der Waals surface area (Å²) in [4.78, 5) is 17.9. The minimum absolute atomic E-state index is 0.132. The summed E-state index contributed by atoms with van der Waals surface area (Å²) in [5.74, 6) is -0.0462. The van der Waals surface area contributed by atoms with Crippen molar-refractivity contribution in [3.05, 3.63) is 52.6 Å². The highest BCUT2D eigenvalue weighted by Crippen LogP contribution is 2.29. The molecule has 1 unspecified atom stereocenters. The van der Waals surface area contributed by atoms with Crippen LogP contribution in [0, 0.1) is 5.82 Å². The zero-order valence-corrected chi connectivity index (χ0v) is 15.8. The van der Waals surface area contributed by atoms with Crippen molar-refractivity contribution in [3.63, 3.8) is 0 Å². The number of rotatable bonds is 5. The Balaban J connectivity index is 1.79. The van der Waals surface area contributed by atoms with E-state index < -0.39 is 5.82 Å². The van der Waals surface area contributed by atoms with Crippen LogP contribution in [0.15, 0.2) is 35.5 Å². The first-order chi connectivity index (χ1) is 14.2. The molecule has 5 rings (SSSR count). The Hall–Kier alpha value is -3.11. The molecule has 0 N–H and O–H groups in total. The first-order valence-corrected chi connectivity index (χ1v) is 9.39. The lowest BCUT2D eigenvalue weighted by molar-refractivity contribution is 0.106. The molecule has 0 aliphatic carbocycles. The number of ether oxygens (including phenoxy) is 2. The van der Waals surface area contributed by atoms with E-state index in [4.69, 9.17) is 9.47 Å². The van der Waals surface area contributed by atoms with Crippen molar-refractivity contribution in [3.8, 4) is 5.82 Å². The predicted octanol–water partition coefficient (Wildman–Crippen LogP) is 1.87. The molecule has 3 aromatic heterocycles. The number of aromatic nitrogens is 6. The molecule has 1 atom stereocenters. The van der Waals surface area contributed by atoms with Crippen molar-refractivity contribution >= 4 is 16.6 Å².